The highest BCUT2D eigenvalue weighted by Gasteiger charge is 2.36. The van der Waals surface area contributed by atoms with E-state index in [1.54, 1.807) is 0 Å². The van der Waals surface area contributed by atoms with Crippen molar-refractivity contribution in [2.45, 2.75) is 6.54 Å². The van der Waals surface area contributed by atoms with Crippen molar-refractivity contribution in [2.75, 3.05) is 11.4 Å². The van der Waals surface area contributed by atoms with Crippen molar-refractivity contribution in [1.29, 1.82) is 0 Å². The van der Waals surface area contributed by atoms with Gasteiger partial charge in [0.05, 0.1) is 6.54 Å². The highest BCUT2D eigenvalue weighted by molar-refractivity contribution is 9.10. The van der Waals surface area contributed by atoms with Crippen molar-refractivity contribution in [3.8, 4) is 0 Å². The number of benzene rings is 2. The zero-order chi connectivity index (χ0) is 14.8. The van der Waals surface area contributed by atoms with E-state index in [-0.39, 0.29) is 18.5 Å². The van der Waals surface area contributed by atoms with Gasteiger partial charge in [-0.2, -0.15) is 0 Å². The first-order chi connectivity index (χ1) is 10.1. The molecule has 0 N–H and O–H groups in total. The molecular formula is C16H13BrN2O2. The Bertz CT molecular complexity index is 688. The lowest BCUT2D eigenvalue weighted by atomic mass is 10.2. The molecule has 106 valence electrons. The Morgan fingerprint density at radius 3 is 2.48 bits per heavy atom. The number of carbonyl (C=O) groups is 2. The summed E-state index contributed by atoms with van der Waals surface area (Å²) in [5, 5.41) is 0. The molecule has 3 rings (SSSR count). The molecule has 5 heteroatoms. The second kappa shape index (κ2) is 5.69. The number of imide groups is 1. The van der Waals surface area contributed by atoms with Gasteiger partial charge < -0.3 is 0 Å². The van der Waals surface area contributed by atoms with Gasteiger partial charge in [-0.1, -0.05) is 46.3 Å². The first-order valence-electron chi connectivity index (χ1n) is 6.56. The van der Waals surface area contributed by atoms with E-state index in [9.17, 15) is 9.59 Å². The minimum absolute atomic E-state index is 0.0941. The lowest BCUT2D eigenvalue weighted by molar-refractivity contribution is -0.125. The molecule has 0 spiro atoms. The Morgan fingerprint density at radius 1 is 1.00 bits per heavy atom. The molecule has 1 aliphatic heterocycles. The van der Waals surface area contributed by atoms with Crippen LogP contribution in [-0.4, -0.2) is 23.4 Å². The molecule has 21 heavy (non-hydrogen) atoms. The van der Waals surface area contributed by atoms with Crippen LogP contribution in [0.1, 0.15) is 5.56 Å². The topological polar surface area (TPSA) is 40.6 Å². The van der Waals surface area contributed by atoms with Gasteiger partial charge in [-0.3, -0.25) is 14.6 Å². The van der Waals surface area contributed by atoms with Crippen molar-refractivity contribution in [2.24, 2.45) is 0 Å². The molecule has 0 radical (unpaired) electrons. The highest BCUT2D eigenvalue weighted by atomic mass is 79.9. The second-order valence-corrected chi connectivity index (χ2v) is 5.73. The van der Waals surface area contributed by atoms with Crippen LogP contribution in [0.3, 0.4) is 0 Å². The molecule has 0 unspecified atom stereocenters. The molecule has 0 aliphatic carbocycles. The molecule has 0 atom stereocenters. The largest absolute Gasteiger partial charge is 0.332 e. The number of hydrogen-bond acceptors (Lipinski definition) is 2. The van der Waals surface area contributed by atoms with E-state index in [1.165, 1.54) is 9.80 Å². The molecule has 4 nitrogen and oxygen atoms in total. The number of rotatable bonds is 3. The molecule has 0 saturated carbocycles. The molecule has 0 aromatic heterocycles. The fourth-order valence-corrected chi connectivity index (χ4v) is 2.77. The monoisotopic (exact) mass is 344 g/mol. The van der Waals surface area contributed by atoms with Gasteiger partial charge in [-0.05, 0) is 29.8 Å². The fraction of sp³-hybridized carbons (Fsp3) is 0.125. The second-order valence-electron chi connectivity index (χ2n) is 4.81. The first kappa shape index (κ1) is 13.8. The maximum atomic E-state index is 12.4. The van der Waals surface area contributed by atoms with Gasteiger partial charge >= 0.3 is 6.03 Å². The van der Waals surface area contributed by atoms with Gasteiger partial charge in [-0.25, -0.2) is 4.79 Å². The van der Waals surface area contributed by atoms with Crippen molar-refractivity contribution >= 4 is 33.6 Å². The average Bonchev–Trinajstić information content (AvgIpc) is 2.76. The van der Waals surface area contributed by atoms with Crippen LogP contribution in [-0.2, 0) is 11.3 Å². The van der Waals surface area contributed by atoms with E-state index in [4.69, 9.17) is 0 Å². The molecule has 2 aromatic rings. The summed E-state index contributed by atoms with van der Waals surface area (Å²) < 4.78 is 0.930. The summed E-state index contributed by atoms with van der Waals surface area (Å²) in [6.45, 7) is 0.386. The summed E-state index contributed by atoms with van der Waals surface area (Å²) in [7, 11) is 0. The summed E-state index contributed by atoms with van der Waals surface area (Å²) in [4.78, 5) is 27.3. The number of carbonyl (C=O) groups excluding carboxylic acids is 2. The van der Waals surface area contributed by atoms with E-state index in [0.29, 0.717) is 6.54 Å². The fourth-order valence-electron chi connectivity index (χ4n) is 2.32. The van der Waals surface area contributed by atoms with E-state index in [2.05, 4.69) is 15.9 Å². The van der Waals surface area contributed by atoms with Crippen LogP contribution in [0, 0.1) is 0 Å². The zero-order valence-corrected chi connectivity index (χ0v) is 12.8. The number of halogens is 1. The summed E-state index contributed by atoms with van der Waals surface area (Å²) in [5.41, 5.74) is 1.66. The van der Waals surface area contributed by atoms with Crippen molar-refractivity contribution in [3.05, 3.63) is 64.6 Å². The minimum Gasteiger partial charge on any atom is -0.285 e. The third-order valence-corrected chi connectivity index (χ3v) is 3.85. The number of para-hydroxylation sites is 1. The third kappa shape index (κ3) is 2.83. The smallest absolute Gasteiger partial charge is 0.285 e. The number of hydrogen-bond donors (Lipinski definition) is 0. The van der Waals surface area contributed by atoms with Gasteiger partial charge in [0.25, 0.3) is 5.91 Å². The number of nitrogens with zero attached hydrogens (tertiary/aromatic N) is 2. The summed E-state index contributed by atoms with van der Waals surface area (Å²) >= 11 is 3.39. The Morgan fingerprint density at radius 2 is 1.76 bits per heavy atom. The maximum Gasteiger partial charge on any atom is 0.332 e. The van der Waals surface area contributed by atoms with E-state index in [1.807, 2.05) is 54.6 Å². The molecular weight excluding hydrogens is 332 g/mol. The molecule has 2 aromatic carbocycles. The number of anilines is 1. The predicted molar refractivity (Wildman–Crippen MR) is 83.9 cm³/mol. The lowest BCUT2D eigenvalue weighted by Gasteiger charge is -2.17. The van der Waals surface area contributed by atoms with Gasteiger partial charge in [0.1, 0.15) is 6.54 Å². The van der Waals surface area contributed by atoms with Crippen LogP contribution in [0.4, 0.5) is 10.5 Å². The normalized spacial score (nSPS) is 14.9. The van der Waals surface area contributed by atoms with E-state index >= 15 is 0 Å². The number of amides is 3. The van der Waals surface area contributed by atoms with Crippen molar-refractivity contribution < 1.29 is 9.59 Å². The summed E-state index contributed by atoms with van der Waals surface area (Å²) in [5.74, 6) is -0.177. The van der Waals surface area contributed by atoms with Crippen LogP contribution >= 0.6 is 15.9 Å². The van der Waals surface area contributed by atoms with Crippen LogP contribution in [0.2, 0.25) is 0 Å². The Labute approximate surface area is 131 Å². The molecule has 1 aliphatic rings. The van der Waals surface area contributed by atoms with Gasteiger partial charge in [0.2, 0.25) is 0 Å². The third-order valence-electron chi connectivity index (χ3n) is 3.35. The standard InChI is InChI=1S/C16H13BrN2O2/c17-13-6-4-5-12(9-13)10-19-15(20)11-18(16(19)21)14-7-2-1-3-8-14/h1-9H,10-11H2. The molecule has 1 heterocycles. The summed E-state index contributed by atoms with van der Waals surface area (Å²) in [6.07, 6.45) is 0. The number of urea groups is 1. The highest BCUT2D eigenvalue weighted by Crippen LogP contribution is 2.22. The molecule has 3 amide bonds. The minimum atomic E-state index is -0.272. The first-order valence-corrected chi connectivity index (χ1v) is 7.36. The lowest BCUT2D eigenvalue weighted by Crippen LogP contribution is -2.32. The average molecular weight is 345 g/mol. The molecule has 1 fully saturated rings. The van der Waals surface area contributed by atoms with Crippen molar-refractivity contribution in [3.63, 3.8) is 0 Å². The zero-order valence-electron chi connectivity index (χ0n) is 11.2. The van der Waals surface area contributed by atoms with Crippen molar-refractivity contribution in [1.82, 2.24) is 4.90 Å². The quantitative estimate of drug-likeness (QED) is 0.800. The van der Waals surface area contributed by atoms with Crippen LogP contribution in [0.15, 0.2) is 59.1 Å². The van der Waals surface area contributed by atoms with Gasteiger partial charge in [-0.15, -0.1) is 0 Å². The predicted octanol–water partition coefficient (Wildman–Crippen LogP) is 3.42. The molecule has 0 bridgehead atoms. The van der Waals surface area contributed by atoms with Gasteiger partial charge in [0.15, 0.2) is 0 Å². The van der Waals surface area contributed by atoms with Crippen LogP contribution < -0.4 is 4.90 Å². The molecule has 1 saturated heterocycles. The maximum absolute atomic E-state index is 12.4. The van der Waals surface area contributed by atoms with E-state index in [0.717, 1.165) is 15.7 Å². The Balaban J connectivity index is 1.81. The van der Waals surface area contributed by atoms with Gasteiger partial charge in [0, 0.05) is 10.2 Å². The van der Waals surface area contributed by atoms with E-state index < -0.39 is 0 Å². The SMILES string of the molecule is O=C1CN(c2ccccc2)C(=O)N1Cc1cccc(Br)c1. The summed E-state index contributed by atoms with van der Waals surface area (Å²) in [6, 6.07) is 16.6. The Hall–Kier alpha value is -2.14. The van der Waals surface area contributed by atoms with Crippen LogP contribution in [0.5, 0.6) is 0 Å². The van der Waals surface area contributed by atoms with Crippen LogP contribution in [0.25, 0.3) is 0 Å². The Kier molecular flexibility index (Phi) is 3.75.